The molecule has 0 radical (unpaired) electrons. The SMILES string of the molecule is CCC(c1ccccn1)N(C)C(=O)c1ccc(COC)o1. The van der Waals surface area contributed by atoms with E-state index in [9.17, 15) is 4.79 Å². The fraction of sp³-hybridized carbons (Fsp3) is 0.375. The molecule has 0 saturated heterocycles. The highest BCUT2D eigenvalue weighted by Gasteiger charge is 2.24. The van der Waals surface area contributed by atoms with Gasteiger partial charge < -0.3 is 14.1 Å². The van der Waals surface area contributed by atoms with Crippen LogP contribution in [-0.4, -0.2) is 29.9 Å². The second-order valence-electron chi connectivity index (χ2n) is 4.79. The number of hydrogen-bond acceptors (Lipinski definition) is 4. The Morgan fingerprint density at radius 3 is 2.81 bits per heavy atom. The van der Waals surface area contributed by atoms with Gasteiger partial charge in [-0.05, 0) is 30.7 Å². The van der Waals surface area contributed by atoms with Crippen molar-refractivity contribution in [2.45, 2.75) is 26.0 Å². The monoisotopic (exact) mass is 288 g/mol. The van der Waals surface area contributed by atoms with E-state index in [1.54, 1.807) is 37.4 Å². The van der Waals surface area contributed by atoms with Gasteiger partial charge in [-0.25, -0.2) is 0 Å². The Kier molecular flexibility index (Phi) is 5.11. The van der Waals surface area contributed by atoms with Crippen molar-refractivity contribution >= 4 is 5.91 Å². The van der Waals surface area contributed by atoms with Crippen LogP contribution in [0.25, 0.3) is 0 Å². The molecule has 1 unspecified atom stereocenters. The summed E-state index contributed by atoms with van der Waals surface area (Å²) < 4.78 is 10.5. The Labute approximate surface area is 124 Å². The lowest BCUT2D eigenvalue weighted by molar-refractivity contribution is 0.0683. The topological polar surface area (TPSA) is 55.6 Å². The van der Waals surface area contributed by atoms with Crippen molar-refractivity contribution in [3.05, 3.63) is 53.7 Å². The molecular weight excluding hydrogens is 268 g/mol. The number of methoxy groups -OCH3 is 1. The molecular formula is C16H20N2O3. The van der Waals surface area contributed by atoms with Crippen LogP contribution in [0.15, 0.2) is 40.9 Å². The summed E-state index contributed by atoms with van der Waals surface area (Å²) in [5.74, 6) is 0.800. The summed E-state index contributed by atoms with van der Waals surface area (Å²) in [7, 11) is 3.36. The quantitative estimate of drug-likeness (QED) is 0.819. The number of hydrogen-bond donors (Lipinski definition) is 0. The predicted molar refractivity (Wildman–Crippen MR) is 78.8 cm³/mol. The van der Waals surface area contributed by atoms with Gasteiger partial charge in [0.25, 0.3) is 5.91 Å². The largest absolute Gasteiger partial charge is 0.453 e. The lowest BCUT2D eigenvalue weighted by atomic mass is 10.1. The summed E-state index contributed by atoms with van der Waals surface area (Å²) in [4.78, 5) is 18.5. The summed E-state index contributed by atoms with van der Waals surface area (Å²) in [6, 6.07) is 9.07. The number of carbonyl (C=O) groups is 1. The first-order valence-corrected chi connectivity index (χ1v) is 6.93. The Bertz CT molecular complexity index is 580. The normalized spacial score (nSPS) is 12.1. The van der Waals surface area contributed by atoms with Gasteiger partial charge in [-0.2, -0.15) is 0 Å². The molecule has 2 aromatic heterocycles. The van der Waals surface area contributed by atoms with Gasteiger partial charge >= 0.3 is 0 Å². The molecule has 0 aromatic carbocycles. The van der Waals surface area contributed by atoms with Crippen LogP contribution in [0.1, 0.15) is 41.4 Å². The van der Waals surface area contributed by atoms with Gasteiger partial charge in [-0.3, -0.25) is 9.78 Å². The number of nitrogens with zero attached hydrogens (tertiary/aromatic N) is 2. The van der Waals surface area contributed by atoms with E-state index in [2.05, 4.69) is 4.98 Å². The fourth-order valence-corrected chi connectivity index (χ4v) is 2.28. The Balaban J connectivity index is 2.16. The summed E-state index contributed by atoms with van der Waals surface area (Å²) >= 11 is 0. The van der Waals surface area contributed by atoms with Crippen molar-refractivity contribution in [2.24, 2.45) is 0 Å². The molecule has 0 N–H and O–H groups in total. The van der Waals surface area contributed by atoms with E-state index >= 15 is 0 Å². The zero-order valence-electron chi connectivity index (χ0n) is 12.6. The van der Waals surface area contributed by atoms with Crippen LogP contribution in [0.5, 0.6) is 0 Å². The molecule has 0 aliphatic rings. The van der Waals surface area contributed by atoms with Gasteiger partial charge in [0.1, 0.15) is 12.4 Å². The third-order valence-corrected chi connectivity index (χ3v) is 3.36. The third-order valence-electron chi connectivity index (χ3n) is 3.36. The summed E-state index contributed by atoms with van der Waals surface area (Å²) in [5.41, 5.74) is 0.875. The van der Waals surface area contributed by atoms with Crippen LogP contribution < -0.4 is 0 Å². The molecule has 0 fully saturated rings. The molecule has 0 aliphatic heterocycles. The van der Waals surface area contributed by atoms with Crippen molar-refractivity contribution in [1.29, 1.82) is 0 Å². The molecule has 2 rings (SSSR count). The molecule has 0 spiro atoms. The summed E-state index contributed by atoms with van der Waals surface area (Å²) in [5, 5.41) is 0. The molecule has 5 nitrogen and oxygen atoms in total. The number of furan rings is 1. The molecule has 0 saturated carbocycles. The average molecular weight is 288 g/mol. The summed E-state index contributed by atoms with van der Waals surface area (Å²) in [6.07, 6.45) is 2.52. The van der Waals surface area contributed by atoms with Crippen LogP contribution in [0.4, 0.5) is 0 Å². The van der Waals surface area contributed by atoms with Gasteiger partial charge in [-0.15, -0.1) is 0 Å². The molecule has 21 heavy (non-hydrogen) atoms. The Morgan fingerprint density at radius 2 is 2.19 bits per heavy atom. The van der Waals surface area contributed by atoms with Crippen molar-refractivity contribution in [2.75, 3.05) is 14.2 Å². The number of ether oxygens (including phenoxy) is 1. The highest BCUT2D eigenvalue weighted by molar-refractivity contribution is 5.91. The van der Waals surface area contributed by atoms with Crippen molar-refractivity contribution < 1.29 is 13.9 Å². The molecule has 5 heteroatoms. The number of rotatable bonds is 6. The first kappa shape index (κ1) is 15.3. The third kappa shape index (κ3) is 3.49. The standard InChI is InChI=1S/C16H20N2O3/c1-4-14(13-7-5-6-10-17-13)18(2)16(19)15-9-8-12(21-15)11-20-3/h5-10,14H,4,11H2,1-3H3. The van der Waals surface area contributed by atoms with Gasteiger partial charge in [0.05, 0.1) is 11.7 Å². The first-order chi connectivity index (χ1) is 10.2. The van der Waals surface area contributed by atoms with Crippen molar-refractivity contribution in [1.82, 2.24) is 9.88 Å². The fourth-order valence-electron chi connectivity index (χ4n) is 2.28. The van der Waals surface area contributed by atoms with E-state index in [1.165, 1.54) is 0 Å². The first-order valence-electron chi connectivity index (χ1n) is 6.93. The highest BCUT2D eigenvalue weighted by atomic mass is 16.5. The van der Waals surface area contributed by atoms with Crippen LogP contribution in [-0.2, 0) is 11.3 Å². The molecule has 2 heterocycles. The van der Waals surface area contributed by atoms with Gasteiger partial charge in [0, 0.05) is 20.4 Å². The smallest absolute Gasteiger partial charge is 0.289 e. The van der Waals surface area contributed by atoms with Crippen LogP contribution in [0.3, 0.4) is 0 Å². The molecule has 2 aromatic rings. The second kappa shape index (κ2) is 7.04. The van der Waals surface area contributed by atoms with Crippen LogP contribution in [0, 0.1) is 0 Å². The van der Waals surface area contributed by atoms with E-state index in [-0.39, 0.29) is 11.9 Å². The number of carbonyl (C=O) groups excluding carboxylic acids is 1. The molecule has 1 amide bonds. The van der Waals surface area contributed by atoms with Crippen molar-refractivity contribution in [3.8, 4) is 0 Å². The lowest BCUT2D eigenvalue weighted by Crippen LogP contribution is -2.31. The maximum absolute atomic E-state index is 12.5. The van der Waals surface area contributed by atoms with E-state index in [0.29, 0.717) is 18.1 Å². The maximum atomic E-state index is 12.5. The predicted octanol–water partition coefficient (Wildman–Crippen LogP) is 3.04. The molecule has 112 valence electrons. The number of aromatic nitrogens is 1. The Hall–Kier alpha value is -2.14. The summed E-state index contributed by atoms with van der Waals surface area (Å²) in [6.45, 7) is 2.38. The minimum Gasteiger partial charge on any atom is -0.453 e. The van der Waals surface area contributed by atoms with Crippen LogP contribution in [0.2, 0.25) is 0 Å². The van der Waals surface area contributed by atoms with Crippen molar-refractivity contribution in [3.63, 3.8) is 0 Å². The second-order valence-corrected chi connectivity index (χ2v) is 4.79. The van der Waals surface area contributed by atoms with E-state index in [1.807, 2.05) is 25.1 Å². The lowest BCUT2D eigenvalue weighted by Gasteiger charge is -2.26. The highest BCUT2D eigenvalue weighted by Crippen LogP contribution is 2.23. The van der Waals surface area contributed by atoms with E-state index < -0.39 is 0 Å². The molecule has 1 atom stereocenters. The van der Waals surface area contributed by atoms with Gasteiger partial charge in [0.2, 0.25) is 0 Å². The van der Waals surface area contributed by atoms with Gasteiger partial charge in [0.15, 0.2) is 5.76 Å². The maximum Gasteiger partial charge on any atom is 0.289 e. The molecule has 0 aliphatic carbocycles. The minimum atomic E-state index is -0.158. The number of pyridine rings is 1. The van der Waals surface area contributed by atoms with E-state index in [4.69, 9.17) is 9.15 Å². The average Bonchev–Trinajstić information content (AvgIpc) is 2.97. The van der Waals surface area contributed by atoms with E-state index in [0.717, 1.165) is 12.1 Å². The number of amides is 1. The zero-order chi connectivity index (χ0) is 15.2. The Morgan fingerprint density at radius 1 is 1.38 bits per heavy atom. The van der Waals surface area contributed by atoms with Gasteiger partial charge in [-0.1, -0.05) is 13.0 Å². The minimum absolute atomic E-state index is 0.0744. The zero-order valence-corrected chi connectivity index (χ0v) is 12.6. The molecule has 0 bridgehead atoms. The van der Waals surface area contributed by atoms with Crippen LogP contribution >= 0.6 is 0 Å².